The molecule has 1 aliphatic heterocycles. The molecule has 0 aromatic heterocycles. The average Bonchev–Trinajstić information content (AvgIpc) is 2.82. The molecule has 180 valence electrons. The van der Waals surface area contributed by atoms with E-state index in [0.717, 1.165) is 56.4 Å². The van der Waals surface area contributed by atoms with Crippen LogP contribution in [0.2, 0.25) is 0 Å². The Bertz CT molecular complexity index is 929. The van der Waals surface area contributed by atoms with Crippen LogP contribution in [-0.4, -0.2) is 60.6 Å². The van der Waals surface area contributed by atoms with Crippen molar-refractivity contribution in [3.05, 3.63) is 59.7 Å². The Morgan fingerprint density at radius 3 is 2.48 bits per heavy atom. The number of hydrogen-bond donors (Lipinski definition) is 3. The molecule has 3 rings (SSSR count). The largest absolute Gasteiger partial charge is 0.506 e. The molecule has 1 fully saturated rings. The van der Waals surface area contributed by atoms with Crippen molar-refractivity contribution >= 4 is 41.5 Å². The van der Waals surface area contributed by atoms with Gasteiger partial charge in [0.15, 0.2) is 5.96 Å². The van der Waals surface area contributed by atoms with E-state index in [9.17, 15) is 9.90 Å². The molecule has 1 aliphatic rings. The first kappa shape index (κ1) is 26.8. The van der Waals surface area contributed by atoms with Gasteiger partial charge in [0.05, 0.1) is 12.2 Å². The first-order chi connectivity index (χ1) is 15.5. The predicted molar refractivity (Wildman–Crippen MR) is 146 cm³/mol. The molecular formula is C25H36IN5O2. The molecule has 0 bridgehead atoms. The number of carbonyl (C=O) groups is 1. The second kappa shape index (κ2) is 13.3. The summed E-state index contributed by atoms with van der Waals surface area (Å²) in [5, 5.41) is 16.5. The fourth-order valence-corrected chi connectivity index (χ4v) is 3.70. The minimum Gasteiger partial charge on any atom is -0.506 e. The van der Waals surface area contributed by atoms with Crippen molar-refractivity contribution in [3.63, 3.8) is 0 Å². The Labute approximate surface area is 214 Å². The maximum Gasteiger partial charge on any atom is 0.251 e. The van der Waals surface area contributed by atoms with E-state index in [-0.39, 0.29) is 35.9 Å². The number of carbonyl (C=O) groups excluding carboxylic acids is 1. The number of aliphatic imine (C=N–C) groups is 1. The summed E-state index contributed by atoms with van der Waals surface area (Å²) in [6, 6.07) is 15.3. The van der Waals surface area contributed by atoms with Gasteiger partial charge in [-0.2, -0.15) is 0 Å². The highest BCUT2D eigenvalue weighted by Crippen LogP contribution is 2.27. The number of guanidine groups is 1. The summed E-state index contributed by atoms with van der Waals surface area (Å²) in [4.78, 5) is 21.7. The van der Waals surface area contributed by atoms with E-state index in [1.807, 2.05) is 49.4 Å². The molecule has 1 heterocycles. The van der Waals surface area contributed by atoms with Crippen LogP contribution in [0.25, 0.3) is 0 Å². The number of nitrogens with zero attached hydrogens (tertiary/aromatic N) is 3. The predicted octanol–water partition coefficient (Wildman–Crippen LogP) is 3.83. The number of anilines is 1. The van der Waals surface area contributed by atoms with Gasteiger partial charge in [-0.1, -0.05) is 31.2 Å². The van der Waals surface area contributed by atoms with Gasteiger partial charge in [0.2, 0.25) is 0 Å². The molecule has 0 spiro atoms. The molecule has 1 atom stereocenters. The van der Waals surface area contributed by atoms with E-state index in [1.165, 1.54) is 0 Å². The molecule has 0 radical (unpaired) electrons. The summed E-state index contributed by atoms with van der Waals surface area (Å²) in [7, 11) is 0. The highest BCUT2D eigenvalue weighted by molar-refractivity contribution is 14.0. The fourth-order valence-electron chi connectivity index (χ4n) is 3.70. The van der Waals surface area contributed by atoms with E-state index in [0.29, 0.717) is 17.9 Å². The number of amides is 1. The van der Waals surface area contributed by atoms with Crippen molar-refractivity contribution in [1.82, 2.24) is 15.5 Å². The van der Waals surface area contributed by atoms with Crippen molar-refractivity contribution < 1.29 is 9.90 Å². The molecular weight excluding hydrogens is 529 g/mol. The third-order valence-corrected chi connectivity index (χ3v) is 5.73. The number of piperazine rings is 1. The van der Waals surface area contributed by atoms with E-state index >= 15 is 0 Å². The van der Waals surface area contributed by atoms with Gasteiger partial charge < -0.3 is 25.5 Å². The lowest BCUT2D eigenvalue weighted by Crippen LogP contribution is -2.52. The molecule has 2 aromatic carbocycles. The minimum atomic E-state index is -0.0441. The van der Waals surface area contributed by atoms with E-state index < -0.39 is 0 Å². The number of phenolic OH excluding ortho intramolecular Hbond substituents is 1. The first-order valence-corrected chi connectivity index (χ1v) is 11.5. The van der Waals surface area contributed by atoms with E-state index in [2.05, 4.69) is 34.3 Å². The minimum absolute atomic E-state index is 0. The van der Waals surface area contributed by atoms with Gasteiger partial charge in [0.25, 0.3) is 5.91 Å². The number of para-hydroxylation sites is 2. The van der Waals surface area contributed by atoms with Gasteiger partial charge in [0, 0.05) is 44.3 Å². The molecule has 7 nitrogen and oxygen atoms in total. The van der Waals surface area contributed by atoms with Gasteiger partial charge in [-0.05, 0) is 50.1 Å². The maximum absolute atomic E-state index is 12.4. The van der Waals surface area contributed by atoms with Crippen LogP contribution in [0.3, 0.4) is 0 Å². The molecule has 33 heavy (non-hydrogen) atoms. The van der Waals surface area contributed by atoms with Crippen LogP contribution in [0.4, 0.5) is 5.69 Å². The highest BCUT2D eigenvalue weighted by Gasteiger charge is 2.21. The summed E-state index contributed by atoms with van der Waals surface area (Å²) in [6.45, 7) is 10.7. The van der Waals surface area contributed by atoms with Crippen LogP contribution in [0.15, 0.2) is 53.5 Å². The van der Waals surface area contributed by atoms with Gasteiger partial charge >= 0.3 is 0 Å². The lowest BCUT2D eigenvalue weighted by Gasteiger charge is -2.37. The zero-order valence-corrected chi connectivity index (χ0v) is 22.1. The Morgan fingerprint density at radius 1 is 1.09 bits per heavy atom. The number of aromatic hydroxyl groups is 1. The lowest BCUT2D eigenvalue weighted by molar-refractivity contribution is 0.0939. The molecule has 0 saturated carbocycles. The maximum atomic E-state index is 12.4. The number of nitrogens with one attached hydrogen (secondary N) is 2. The zero-order valence-electron chi connectivity index (χ0n) is 19.8. The van der Waals surface area contributed by atoms with E-state index in [1.54, 1.807) is 6.07 Å². The van der Waals surface area contributed by atoms with Crippen LogP contribution < -0.4 is 15.5 Å². The Kier molecular flexibility index (Phi) is 10.8. The molecule has 8 heteroatoms. The smallest absolute Gasteiger partial charge is 0.251 e. The van der Waals surface area contributed by atoms with E-state index in [4.69, 9.17) is 4.99 Å². The molecule has 1 saturated heterocycles. The van der Waals surface area contributed by atoms with Gasteiger partial charge in [-0.3, -0.25) is 4.79 Å². The van der Waals surface area contributed by atoms with Gasteiger partial charge in [0.1, 0.15) is 5.75 Å². The summed E-state index contributed by atoms with van der Waals surface area (Å²) in [5.41, 5.74) is 2.55. The SMILES string of the molecule is CCNC(=NCc1cccc(C(=O)NC(C)CC)c1)N1CCN(c2ccccc2O)CC1.I. The number of hydrogen-bond acceptors (Lipinski definition) is 4. The summed E-state index contributed by atoms with van der Waals surface area (Å²) >= 11 is 0. The molecule has 3 N–H and O–H groups in total. The quantitative estimate of drug-likeness (QED) is 0.270. The van der Waals surface area contributed by atoms with Crippen molar-refractivity contribution in [2.75, 3.05) is 37.6 Å². The lowest BCUT2D eigenvalue weighted by atomic mass is 10.1. The summed E-state index contributed by atoms with van der Waals surface area (Å²) < 4.78 is 0. The van der Waals surface area contributed by atoms with Crippen molar-refractivity contribution in [2.45, 2.75) is 39.8 Å². The van der Waals surface area contributed by atoms with Crippen molar-refractivity contribution in [1.29, 1.82) is 0 Å². The van der Waals surface area contributed by atoms with Gasteiger partial charge in [-0.25, -0.2) is 4.99 Å². The molecule has 2 aromatic rings. The second-order valence-corrected chi connectivity index (χ2v) is 8.12. The van der Waals surface area contributed by atoms with Crippen molar-refractivity contribution in [2.24, 2.45) is 4.99 Å². The highest BCUT2D eigenvalue weighted by atomic mass is 127. The Morgan fingerprint density at radius 2 is 1.82 bits per heavy atom. The van der Waals surface area contributed by atoms with Gasteiger partial charge in [-0.15, -0.1) is 24.0 Å². The number of rotatable bonds is 7. The van der Waals surface area contributed by atoms with Crippen molar-refractivity contribution in [3.8, 4) is 5.75 Å². The summed E-state index contributed by atoms with van der Waals surface area (Å²) in [6.07, 6.45) is 0.902. The molecule has 0 aliphatic carbocycles. The average molecular weight is 566 g/mol. The van der Waals surface area contributed by atoms with Crippen LogP contribution in [0, 0.1) is 0 Å². The standard InChI is InChI=1S/C25H35N5O2.HI/c1-4-19(3)28-24(32)21-10-8-9-20(17-21)18-27-25(26-5-2)30-15-13-29(14-16-30)22-11-6-7-12-23(22)31;/h6-12,17,19,31H,4-5,13-16,18H2,1-3H3,(H,26,27)(H,28,32);1H. The monoisotopic (exact) mass is 565 g/mol. The summed E-state index contributed by atoms with van der Waals surface area (Å²) in [5.74, 6) is 1.15. The molecule has 1 amide bonds. The third kappa shape index (κ3) is 7.52. The molecule has 1 unspecified atom stereocenters. The number of benzene rings is 2. The Balaban J connectivity index is 0.00000385. The zero-order chi connectivity index (χ0) is 22.9. The number of phenols is 1. The topological polar surface area (TPSA) is 80.2 Å². The fraction of sp³-hybridized carbons (Fsp3) is 0.440. The van der Waals surface area contributed by atoms with Crippen LogP contribution in [-0.2, 0) is 6.54 Å². The van der Waals surface area contributed by atoms with Crippen LogP contribution >= 0.6 is 24.0 Å². The second-order valence-electron chi connectivity index (χ2n) is 8.12. The normalized spacial score (nSPS) is 14.9. The third-order valence-electron chi connectivity index (χ3n) is 5.73. The first-order valence-electron chi connectivity index (χ1n) is 11.5. The van der Waals surface area contributed by atoms with Crippen LogP contribution in [0.1, 0.15) is 43.1 Å². The Hall–Kier alpha value is -2.49. The van der Waals surface area contributed by atoms with Crippen LogP contribution in [0.5, 0.6) is 5.75 Å². The number of halogens is 1.